The van der Waals surface area contributed by atoms with Crippen LogP contribution in [0.1, 0.15) is 19.8 Å². The zero-order valence-corrected chi connectivity index (χ0v) is 8.52. The van der Waals surface area contributed by atoms with E-state index < -0.39 is 4.75 Å². The normalized spacial score (nSPS) is 26.5. The van der Waals surface area contributed by atoms with Gasteiger partial charge in [0.1, 0.15) is 0 Å². The molecule has 1 rings (SSSR count). The summed E-state index contributed by atoms with van der Waals surface area (Å²) in [6, 6.07) is 0. The van der Waals surface area contributed by atoms with Crippen molar-refractivity contribution in [3.05, 3.63) is 11.5 Å². The van der Waals surface area contributed by atoms with E-state index in [0.29, 0.717) is 12.8 Å². The Morgan fingerprint density at radius 1 is 1.69 bits per heavy atom. The number of esters is 1. The third-order valence-corrected chi connectivity index (χ3v) is 3.30. The number of ketones is 1. The van der Waals surface area contributed by atoms with E-state index in [-0.39, 0.29) is 11.8 Å². The number of hydrogen-bond donors (Lipinski definition) is 0. The highest BCUT2D eigenvalue weighted by Crippen LogP contribution is 2.37. The molecule has 0 aromatic carbocycles. The molecule has 0 saturated carbocycles. The number of rotatable bonds is 3. The molecular weight excluding hydrogens is 188 g/mol. The van der Waals surface area contributed by atoms with Crippen LogP contribution in [0.4, 0.5) is 0 Å². The molecule has 1 atom stereocenters. The van der Waals surface area contributed by atoms with Crippen molar-refractivity contribution in [1.82, 2.24) is 0 Å². The highest BCUT2D eigenvalue weighted by atomic mass is 32.2. The lowest BCUT2D eigenvalue weighted by Crippen LogP contribution is -2.27. The van der Waals surface area contributed by atoms with Crippen LogP contribution in [0.15, 0.2) is 11.5 Å². The molecule has 0 aromatic rings. The Bertz CT molecular complexity index is 260. The van der Waals surface area contributed by atoms with Crippen molar-refractivity contribution in [2.75, 3.05) is 7.11 Å². The van der Waals surface area contributed by atoms with Crippen molar-refractivity contribution >= 4 is 23.5 Å². The fraction of sp³-hybridized carbons (Fsp3) is 0.556. The third kappa shape index (κ3) is 2.34. The number of ether oxygens (including phenoxy) is 1. The summed E-state index contributed by atoms with van der Waals surface area (Å²) < 4.78 is 4.06. The first-order valence-corrected chi connectivity index (χ1v) is 4.92. The number of methoxy groups -OCH3 is 1. The Kier molecular flexibility index (Phi) is 3.14. The van der Waals surface area contributed by atoms with Crippen molar-refractivity contribution < 1.29 is 14.3 Å². The van der Waals surface area contributed by atoms with Gasteiger partial charge >= 0.3 is 5.97 Å². The van der Waals surface area contributed by atoms with E-state index in [2.05, 4.69) is 4.74 Å². The summed E-state index contributed by atoms with van der Waals surface area (Å²) >= 11 is 1.47. The van der Waals surface area contributed by atoms with Gasteiger partial charge < -0.3 is 4.74 Å². The first-order chi connectivity index (χ1) is 6.08. The Balaban J connectivity index is 2.45. The fourth-order valence-electron chi connectivity index (χ4n) is 1.11. The van der Waals surface area contributed by atoms with Crippen LogP contribution in [0.3, 0.4) is 0 Å². The van der Waals surface area contributed by atoms with Gasteiger partial charge in [0.2, 0.25) is 0 Å². The van der Waals surface area contributed by atoms with Crippen molar-refractivity contribution in [2.24, 2.45) is 0 Å². The molecule has 0 N–H and O–H groups in total. The first-order valence-electron chi connectivity index (χ1n) is 4.04. The summed E-state index contributed by atoms with van der Waals surface area (Å²) in [5.74, 6) is -0.178. The molecule has 0 fully saturated rings. The van der Waals surface area contributed by atoms with E-state index >= 15 is 0 Å². The van der Waals surface area contributed by atoms with Gasteiger partial charge in [-0.1, -0.05) is 0 Å². The molecule has 13 heavy (non-hydrogen) atoms. The van der Waals surface area contributed by atoms with Crippen LogP contribution >= 0.6 is 11.8 Å². The summed E-state index contributed by atoms with van der Waals surface area (Å²) in [7, 11) is 1.35. The van der Waals surface area contributed by atoms with Gasteiger partial charge in [-0.25, -0.2) is 0 Å². The van der Waals surface area contributed by atoms with Crippen LogP contribution in [-0.4, -0.2) is 23.6 Å². The summed E-state index contributed by atoms with van der Waals surface area (Å²) in [6.07, 6.45) is 2.39. The molecule has 72 valence electrons. The average Bonchev–Trinajstić information content (AvgIpc) is 2.44. The summed E-state index contributed by atoms with van der Waals surface area (Å²) in [6.45, 7) is 1.85. The topological polar surface area (TPSA) is 43.4 Å². The maximum atomic E-state index is 11.3. The largest absolute Gasteiger partial charge is 0.469 e. The highest BCUT2D eigenvalue weighted by Gasteiger charge is 2.35. The van der Waals surface area contributed by atoms with Crippen molar-refractivity contribution in [3.8, 4) is 0 Å². The first kappa shape index (κ1) is 10.3. The van der Waals surface area contributed by atoms with Crippen LogP contribution in [0.25, 0.3) is 0 Å². The molecule has 1 aliphatic rings. The molecule has 0 amide bonds. The Morgan fingerprint density at radius 2 is 2.38 bits per heavy atom. The Hall–Kier alpha value is -0.770. The van der Waals surface area contributed by atoms with Gasteiger partial charge in [0.05, 0.1) is 11.9 Å². The second-order valence-electron chi connectivity index (χ2n) is 3.09. The van der Waals surface area contributed by atoms with Crippen molar-refractivity contribution in [1.29, 1.82) is 0 Å². The lowest BCUT2D eigenvalue weighted by atomic mass is 10.00. The minimum Gasteiger partial charge on any atom is -0.469 e. The molecule has 4 heteroatoms. The summed E-state index contributed by atoms with van der Waals surface area (Å²) in [5.41, 5.74) is 0. The van der Waals surface area contributed by atoms with Gasteiger partial charge in [-0.2, -0.15) is 0 Å². The molecule has 0 radical (unpaired) electrons. The van der Waals surface area contributed by atoms with E-state index in [1.165, 1.54) is 18.9 Å². The molecule has 1 heterocycles. The number of allylic oxidation sites excluding steroid dienone is 1. The number of thioether (sulfide) groups is 1. The van der Waals surface area contributed by atoms with E-state index in [1.807, 2.05) is 6.92 Å². The second kappa shape index (κ2) is 3.96. The SMILES string of the molecule is COC(=O)CC[C@]1(C)SC=CC1=O. The van der Waals surface area contributed by atoms with Gasteiger partial charge in [-0.3, -0.25) is 9.59 Å². The van der Waals surface area contributed by atoms with Crippen LogP contribution in [0.2, 0.25) is 0 Å². The van der Waals surface area contributed by atoms with Crippen molar-refractivity contribution in [2.45, 2.75) is 24.5 Å². The van der Waals surface area contributed by atoms with E-state index in [0.717, 1.165) is 0 Å². The molecule has 0 saturated heterocycles. The second-order valence-corrected chi connectivity index (χ2v) is 4.50. The van der Waals surface area contributed by atoms with E-state index in [4.69, 9.17) is 0 Å². The van der Waals surface area contributed by atoms with Crippen LogP contribution in [-0.2, 0) is 14.3 Å². The average molecular weight is 200 g/mol. The molecule has 0 aromatic heterocycles. The van der Waals surface area contributed by atoms with Crippen LogP contribution < -0.4 is 0 Å². The molecule has 0 unspecified atom stereocenters. The minimum atomic E-state index is -0.450. The third-order valence-electron chi connectivity index (χ3n) is 2.10. The van der Waals surface area contributed by atoms with E-state index in [1.54, 1.807) is 11.5 Å². The molecule has 0 bridgehead atoms. The monoisotopic (exact) mass is 200 g/mol. The maximum Gasteiger partial charge on any atom is 0.305 e. The molecule has 0 spiro atoms. The van der Waals surface area contributed by atoms with E-state index in [9.17, 15) is 9.59 Å². The molecule has 1 aliphatic heterocycles. The summed E-state index contributed by atoms with van der Waals surface area (Å²) in [5, 5.41) is 1.78. The van der Waals surface area contributed by atoms with Gasteiger partial charge in [0.25, 0.3) is 0 Å². The van der Waals surface area contributed by atoms with Crippen LogP contribution in [0.5, 0.6) is 0 Å². The summed E-state index contributed by atoms with van der Waals surface area (Å²) in [4.78, 5) is 22.2. The van der Waals surface area contributed by atoms with Gasteiger partial charge in [-0.05, 0) is 24.8 Å². The number of hydrogen-bond acceptors (Lipinski definition) is 4. The number of carbonyl (C=O) groups excluding carboxylic acids is 2. The van der Waals surface area contributed by atoms with Gasteiger partial charge in [0, 0.05) is 6.42 Å². The fourth-order valence-corrected chi connectivity index (χ4v) is 2.00. The van der Waals surface area contributed by atoms with Gasteiger partial charge in [-0.15, -0.1) is 11.8 Å². The Labute approximate surface area is 81.5 Å². The lowest BCUT2D eigenvalue weighted by Gasteiger charge is -2.19. The number of carbonyl (C=O) groups is 2. The Morgan fingerprint density at radius 3 is 2.85 bits per heavy atom. The standard InChI is InChI=1S/C9H12O3S/c1-9(5-3-8(11)12-2)7(10)4-6-13-9/h4,6H,3,5H2,1-2H3/t9-/m0/s1. The minimum absolute atomic E-state index is 0.0846. The highest BCUT2D eigenvalue weighted by molar-refractivity contribution is 8.04. The van der Waals surface area contributed by atoms with Crippen LogP contribution in [0, 0.1) is 0 Å². The lowest BCUT2D eigenvalue weighted by molar-refractivity contribution is -0.140. The predicted molar refractivity (Wildman–Crippen MR) is 51.4 cm³/mol. The maximum absolute atomic E-state index is 11.3. The van der Waals surface area contributed by atoms with Crippen molar-refractivity contribution in [3.63, 3.8) is 0 Å². The smallest absolute Gasteiger partial charge is 0.305 e. The zero-order chi connectivity index (χ0) is 9.90. The molecule has 3 nitrogen and oxygen atoms in total. The zero-order valence-electron chi connectivity index (χ0n) is 7.70. The predicted octanol–water partition coefficient (Wildman–Crippen LogP) is 1.53. The molecular formula is C9H12O3S. The van der Waals surface area contributed by atoms with Gasteiger partial charge in [0.15, 0.2) is 5.78 Å². The quantitative estimate of drug-likeness (QED) is 0.648. The molecule has 0 aliphatic carbocycles.